The number of ether oxygens (including phenoxy) is 1. The predicted octanol–water partition coefficient (Wildman–Crippen LogP) is 6.37. The molecule has 0 spiro atoms. The summed E-state index contributed by atoms with van der Waals surface area (Å²) in [6, 6.07) is 0. The van der Waals surface area contributed by atoms with E-state index in [1.165, 1.54) is 5.57 Å². The number of halogens is 4. The van der Waals surface area contributed by atoms with E-state index >= 15 is 0 Å². The fourth-order valence-electron chi connectivity index (χ4n) is 7.25. The molecule has 4 aliphatic rings. The highest BCUT2D eigenvalue weighted by atomic mass is 35.6. The van der Waals surface area contributed by atoms with Gasteiger partial charge in [-0.3, -0.25) is 4.79 Å². The van der Waals surface area contributed by atoms with Gasteiger partial charge in [-0.1, -0.05) is 54.2 Å². The van der Waals surface area contributed by atoms with Crippen molar-refractivity contribution in [1.82, 2.24) is 0 Å². The van der Waals surface area contributed by atoms with Gasteiger partial charge in [-0.05, 0) is 91.7 Å². The molecule has 0 radical (unpaired) electrons. The van der Waals surface area contributed by atoms with E-state index in [9.17, 15) is 9.59 Å². The van der Waals surface area contributed by atoms with Crippen LogP contribution in [0.4, 0.5) is 0 Å². The van der Waals surface area contributed by atoms with E-state index in [4.69, 9.17) is 51.1 Å². The maximum absolute atomic E-state index is 12.5. The first-order chi connectivity index (χ1) is 14.0. The molecule has 0 aromatic carbocycles. The zero-order chi connectivity index (χ0) is 21.9. The monoisotopic (exact) mass is 490 g/mol. The van der Waals surface area contributed by atoms with Crippen LogP contribution in [0.3, 0.4) is 0 Å². The molecule has 0 amide bonds. The van der Waals surface area contributed by atoms with Gasteiger partial charge >= 0.3 is 5.97 Å². The van der Waals surface area contributed by atoms with Crippen molar-refractivity contribution in [3.05, 3.63) is 11.6 Å². The molecule has 0 aliphatic heterocycles. The third-order valence-corrected chi connectivity index (χ3v) is 9.39. The van der Waals surface area contributed by atoms with Crippen molar-refractivity contribution in [2.75, 3.05) is 0 Å². The Morgan fingerprint density at radius 3 is 2.47 bits per heavy atom. The largest absolute Gasteiger partial charge is 0.442 e. The van der Waals surface area contributed by atoms with Crippen molar-refractivity contribution in [3.8, 4) is 11.3 Å². The number of carbonyl (C=O) groups excluding carboxylic acids is 2. The SMILES string of the molecule is C[C@]12CCC(=O)C=C1CC[C@@H]1[C@H]2CC[C@@]2(C)[C@H]1CCC2(C#CCl)OC(=O)C(Cl)(Cl)Cl. The second-order valence-corrected chi connectivity index (χ2v) is 12.4. The highest BCUT2D eigenvalue weighted by molar-refractivity contribution is 6.75. The van der Waals surface area contributed by atoms with E-state index in [2.05, 4.69) is 25.1 Å². The van der Waals surface area contributed by atoms with Crippen molar-refractivity contribution in [2.45, 2.75) is 74.6 Å². The van der Waals surface area contributed by atoms with Gasteiger partial charge in [0.15, 0.2) is 11.4 Å². The van der Waals surface area contributed by atoms with Crippen LogP contribution in [0.25, 0.3) is 0 Å². The van der Waals surface area contributed by atoms with Gasteiger partial charge in [-0.25, -0.2) is 4.79 Å². The van der Waals surface area contributed by atoms with Crippen LogP contribution in [0.15, 0.2) is 11.6 Å². The van der Waals surface area contributed by atoms with Crippen LogP contribution < -0.4 is 0 Å². The van der Waals surface area contributed by atoms with Crippen molar-refractivity contribution < 1.29 is 14.3 Å². The Morgan fingerprint density at radius 1 is 1.10 bits per heavy atom. The lowest BCUT2D eigenvalue weighted by Gasteiger charge is -2.58. The first kappa shape index (κ1) is 22.8. The number of ketones is 1. The molecular weight excluding hydrogens is 466 g/mol. The van der Waals surface area contributed by atoms with Gasteiger partial charge < -0.3 is 4.74 Å². The lowest BCUT2D eigenvalue weighted by atomic mass is 9.46. The first-order valence-electron chi connectivity index (χ1n) is 10.6. The second-order valence-electron chi connectivity index (χ2n) is 9.90. The van der Waals surface area contributed by atoms with E-state index in [0.29, 0.717) is 30.6 Å². The Bertz CT molecular complexity index is 866. The Morgan fingerprint density at radius 2 is 1.80 bits per heavy atom. The molecule has 0 N–H and O–H groups in total. The summed E-state index contributed by atoms with van der Waals surface area (Å²) in [7, 11) is 0. The molecule has 3 nitrogen and oxygen atoms in total. The van der Waals surface area contributed by atoms with Crippen molar-refractivity contribution in [3.63, 3.8) is 0 Å². The molecule has 4 rings (SSSR count). The summed E-state index contributed by atoms with van der Waals surface area (Å²) in [6.07, 6.45) is 8.80. The third kappa shape index (κ3) is 3.33. The van der Waals surface area contributed by atoms with Crippen LogP contribution >= 0.6 is 46.4 Å². The topological polar surface area (TPSA) is 43.4 Å². The van der Waals surface area contributed by atoms with Crippen LogP contribution in [0.2, 0.25) is 0 Å². The molecule has 0 aromatic heterocycles. The molecule has 0 heterocycles. The highest BCUT2D eigenvalue weighted by Gasteiger charge is 2.66. The van der Waals surface area contributed by atoms with E-state index in [1.807, 2.05) is 6.08 Å². The minimum absolute atomic E-state index is 0.0792. The zero-order valence-corrected chi connectivity index (χ0v) is 20.2. The molecule has 0 aromatic rings. The number of esters is 1. The molecule has 0 saturated heterocycles. The Hall–Kier alpha value is -0.400. The Labute approximate surface area is 198 Å². The predicted molar refractivity (Wildman–Crippen MR) is 119 cm³/mol. The van der Waals surface area contributed by atoms with Gasteiger partial charge in [-0.2, -0.15) is 0 Å². The van der Waals surface area contributed by atoms with Crippen LogP contribution in [0.1, 0.15) is 65.2 Å². The van der Waals surface area contributed by atoms with Crippen LogP contribution in [-0.2, 0) is 14.3 Å². The van der Waals surface area contributed by atoms with Crippen LogP contribution in [0, 0.1) is 39.9 Å². The number of allylic oxidation sites excluding steroid dienone is 1. The molecule has 30 heavy (non-hydrogen) atoms. The first-order valence-corrected chi connectivity index (χ1v) is 12.1. The van der Waals surface area contributed by atoms with E-state index in [0.717, 1.165) is 38.5 Å². The van der Waals surface area contributed by atoms with Gasteiger partial charge in [0.2, 0.25) is 0 Å². The summed E-state index contributed by atoms with van der Waals surface area (Å²) in [5.74, 6) is 3.72. The van der Waals surface area contributed by atoms with Crippen LogP contribution in [-0.4, -0.2) is 21.1 Å². The van der Waals surface area contributed by atoms with Crippen molar-refractivity contribution >= 4 is 58.2 Å². The Balaban J connectivity index is 1.68. The smallest absolute Gasteiger partial charge is 0.360 e. The molecule has 1 unspecified atom stereocenters. The summed E-state index contributed by atoms with van der Waals surface area (Å²) in [6.45, 7) is 4.50. The highest BCUT2D eigenvalue weighted by Crippen LogP contribution is 2.68. The van der Waals surface area contributed by atoms with Gasteiger partial charge in [0.25, 0.3) is 3.79 Å². The zero-order valence-electron chi connectivity index (χ0n) is 17.2. The summed E-state index contributed by atoms with van der Waals surface area (Å²) < 4.78 is 3.70. The summed E-state index contributed by atoms with van der Waals surface area (Å²) in [5.41, 5.74) is 0.000757. The standard InChI is InChI=1S/C23H26Cl4O3/c1-20-8-5-15(28)13-14(20)3-4-16-17(20)6-9-21(2)18(16)7-10-22(21,11-12-24)30-19(29)23(25,26)27/h13,16-18H,3-10H2,1-2H3/t16-,17-,18+,20+,21+,22?/m1/s1. The van der Waals surface area contributed by atoms with E-state index < -0.39 is 15.4 Å². The quantitative estimate of drug-likeness (QED) is 0.243. The fraction of sp³-hybridized carbons (Fsp3) is 0.739. The molecule has 7 heteroatoms. The number of rotatable bonds is 1. The van der Waals surface area contributed by atoms with Gasteiger partial charge in [0.1, 0.15) is 0 Å². The number of hydrogen-bond acceptors (Lipinski definition) is 3. The number of fused-ring (bicyclic) bond motifs is 5. The lowest BCUT2D eigenvalue weighted by Crippen LogP contribution is -2.56. The minimum Gasteiger partial charge on any atom is -0.442 e. The Kier molecular flexibility index (Phi) is 5.76. The minimum atomic E-state index is -2.15. The molecular formula is C23H26Cl4O3. The molecule has 164 valence electrons. The van der Waals surface area contributed by atoms with Crippen molar-refractivity contribution in [2.24, 2.45) is 28.6 Å². The van der Waals surface area contributed by atoms with Crippen molar-refractivity contribution in [1.29, 1.82) is 0 Å². The van der Waals surface area contributed by atoms with E-state index in [-0.39, 0.29) is 16.6 Å². The fourth-order valence-corrected chi connectivity index (χ4v) is 7.52. The third-order valence-electron chi connectivity index (χ3n) is 8.83. The normalized spacial score (nSPS) is 42.8. The van der Waals surface area contributed by atoms with Gasteiger partial charge in [0, 0.05) is 17.2 Å². The van der Waals surface area contributed by atoms with Gasteiger partial charge in [0.05, 0.1) is 0 Å². The molecule has 3 fully saturated rings. The second kappa shape index (κ2) is 7.58. The summed E-state index contributed by atoms with van der Waals surface area (Å²) >= 11 is 23.2. The molecule has 6 atom stereocenters. The van der Waals surface area contributed by atoms with Crippen LogP contribution in [0.5, 0.6) is 0 Å². The maximum atomic E-state index is 12.5. The number of hydrogen-bond donors (Lipinski definition) is 0. The number of alkyl halides is 3. The average molecular weight is 492 g/mol. The number of carbonyl (C=O) groups is 2. The summed E-state index contributed by atoms with van der Waals surface area (Å²) in [4.78, 5) is 24.5. The average Bonchev–Trinajstić information content (AvgIpc) is 2.94. The molecule has 0 bridgehead atoms. The van der Waals surface area contributed by atoms with Gasteiger partial charge in [-0.15, -0.1) is 0 Å². The lowest BCUT2D eigenvalue weighted by molar-refractivity contribution is -0.170. The van der Waals surface area contributed by atoms with E-state index in [1.54, 1.807) is 0 Å². The molecule has 3 saturated carbocycles. The molecule has 4 aliphatic carbocycles. The summed E-state index contributed by atoms with van der Waals surface area (Å²) in [5, 5.41) is 2.46. The maximum Gasteiger partial charge on any atom is 0.360 e.